The fraction of sp³-hybridized carbons (Fsp3) is 0.0476. The van der Waals surface area contributed by atoms with E-state index in [4.69, 9.17) is 4.74 Å². The highest BCUT2D eigenvalue weighted by atomic mass is 16.5. The van der Waals surface area contributed by atoms with Crippen LogP contribution in [0.5, 0.6) is 0 Å². The van der Waals surface area contributed by atoms with Crippen molar-refractivity contribution in [3.8, 4) is 0 Å². The summed E-state index contributed by atoms with van der Waals surface area (Å²) in [7, 11) is 0. The minimum absolute atomic E-state index is 0.353. The van der Waals surface area contributed by atoms with Gasteiger partial charge in [0.05, 0.1) is 6.42 Å². The van der Waals surface area contributed by atoms with E-state index in [0.29, 0.717) is 0 Å². The largest absolute Gasteiger partial charge is 0.452 e. The molecular weight excluding hydrogens is 284 g/mol. The molecule has 0 saturated heterocycles. The van der Waals surface area contributed by atoms with Gasteiger partial charge < -0.3 is 4.74 Å². The van der Waals surface area contributed by atoms with Gasteiger partial charge in [0.1, 0.15) is 0 Å². The maximum atomic E-state index is 12.3. The maximum absolute atomic E-state index is 12.3. The number of hydrogen-bond acceptors (Lipinski definition) is 2. The Morgan fingerprint density at radius 2 is 1.13 bits per heavy atom. The third-order valence-corrected chi connectivity index (χ3v) is 3.52. The zero-order valence-corrected chi connectivity index (χ0v) is 12.6. The van der Waals surface area contributed by atoms with Crippen LogP contribution in [-0.2, 0) is 9.53 Å². The second-order valence-electron chi connectivity index (χ2n) is 5.19. The molecule has 0 aliphatic carbocycles. The van der Waals surface area contributed by atoms with Crippen LogP contribution in [0.1, 0.15) is 22.8 Å². The van der Waals surface area contributed by atoms with Gasteiger partial charge in [-0.1, -0.05) is 91.0 Å². The molecule has 2 heteroatoms. The first-order chi connectivity index (χ1) is 11.3. The molecule has 3 aromatic carbocycles. The summed E-state index contributed by atoms with van der Waals surface area (Å²) < 4.78 is 5.73. The number of benzene rings is 3. The number of hydrogen-bond donors (Lipinski definition) is 0. The molecule has 1 radical (unpaired) electrons. The van der Waals surface area contributed by atoms with E-state index >= 15 is 0 Å². The van der Waals surface area contributed by atoms with Crippen LogP contribution >= 0.6 is 0 Å². The van der Waals surface area contributed by atoms with Crippen molar-refractivity contribution in [3.05, 3.63) is 114 Å². The lowest BCUT2D eigenvalue weighted by molar-refractivity contribution is -0.142. The lowest BCUT2D eigenvalue weighted by Crippen LogP contribution is -2.13. The molecule has 0 N–H and O–H groups in total. The standard InChI is InChI=1S/C21H17O2/c22-20(16-17-10-4-1-5-11-17)23-21(18-12-6-2-7-13-18)19-14-8-3-9-15-19/h1-16,21H. The van der Waals surface area contributed by atoms with Gasteiger partial charge in [-0.2, -0.15) is 0 Å². The Morgan fingerprint density at radius 1 is 0.696 bits per heavy atom. The average molecular weight is 301 g/mol. The Hall–Kier alpha value is -2.87. The molecule has 0 saturated carbocycles. The van der Waals surface area contributed by atoms with E-state index in [2.05, 4.69) is 0 Å². The molecule has 0 atom stereocenters. The van der Waals surface area contributed by atoms with Crippen molar-refractivity contribution in [1.82, 2.24) is 0 Å². The Balaban J connectivity index is 1.81. The number of ether oxygens (including phenoxy) is 1. The van der Waals surface area contributed by atoms with Crippen LogP contribution in [0.25, 0.3) is 0 Å². The van der Waals surface area contributed by atoms with Crippen LogP contribution in [0.4, 0.5) is 0 Å². The first-order valence-electron chi connectivity index (χ1n) is 7.53. The molecule has 0 aliphatic rings. The summed E-state index contributed by atoms with van der Waals surface area (Å²) in [6.45, 7) is 0. The van der Waals surface area contributed by atoms with Crippen molar-refractivity contribution < 1.29 is 9.53 Å². The van der Waals surface area contributed by atoms with Gasteiger partial charge >= 0.3 is 5.97 Å². The first-order valence-corrected chi connectivity index (χ1v) is 7.53. The van der Waals surface area contributed by atoms with E-state index < -0.39 is 6.10 Å². The lowest BCUT2D eigenvalue weighted by atomic mass is 10.0. The Labute approximate surface area is 136 Å². The Bertz CT molecular complexity index is 697. The Kier molecular flexibility index (Phi) is 4.85. The van der Waals surface area contributed by atoms with Gasteiger partial charge in [-0.3, -0.25) is 4.79 Å². The lowest BCUT2D eigenvalue weighted by Gasteiger charge is -2.19. The summed E-state index contributed by atoms with van der Waals surface area (Å²) in [4.78, 5) is 12.3. The molecule has 0 heterocycles. The quantitative estimate of drug-likeness (QED) is 0.645. The molecule has 23 heavy (non-hydrogen) atoms. The highest BCUT2D eigenvalue weighted by molar-refractivity contribution is 5.83. The summed E-state index contributed by atoms with van der Waals surface area (Å²) >= 11 is 0. The molecule has 0 aromatic heterocycles. The average Bonchev–Trinajstić information content (AvgIpc) is 2.62. The van der Waals surface area contributed by atoms with Gasteiger partial charge in [-0.15, -0.1) is 0 Å². The first kappa shape index (κ1) is 15.0. The van der Waals surface area contributed by atoms with E-state index in [0.717, 1.165) is 16.7 Å². The zero-order chi connectivity index (χ0) is 15.9. The van der Waals surface area contributed by atoms with Crippen molar-refractivity contribution in [1.29, 1.82) is 0 Å². The molecular formula is C21H17O2. The number of rotatable bonds is 5. The van der Waals surface area contributed by atoms with Crippen LogP contribution in [0.15, 0.2) is 91.0 Å². The molecule has 2 nitrogen and oxygen atoms in total. The zero-order valence-electron chi connectivity index (χ0n) is 12.6. The molecule has 0 amide bonds. The molecule has 0 fully saturated rings. The van der Waals surface area contributed by atoms with Crippen LogP contribution in [0.2, 0.25) is 0 Å². The molecule has 0 unspecified atom stereocenters. The predicted octanol–water partition coefficient (Wildman–Crippen LogP) is 4.57. The predicted molar refractivity (Wildman–Crippen MR) is 90.7 cm³/mol. The molecule has 3 rings (SSSR count). The second kappa shape index (κ2) is 7.41. The van der Waals surface area contributed by atoms with E-state index in [-0.39, 0.29) is 5.97 Å². The third kappa shape index (κ3) is 4.07. The highest BCUT2D eigenvalue weighted by Crippen LogP contribution is 2.26. The summed E-state index contributed by atoms with van der Waals surface area (Å²) in [5.41, 5.74) is 2.74. The van der Waals surface area contributed by atoms with Crippen molar-refractivity contribution in [3.63, 3.8) is 0 Å². The van der Waals surface area contributed by atoms with Gasteiger partial charge in [0.15, 0.2) is 6.10 Å². The summed E-state index contributed by atoms with van der Waals surface area (Å²) in [6.07, 6.45) is 1.10. The van der Waals surface area contributed by atoms with Gasteiger partial charge in [0.25, 0.3) is 0 Å². The smallest absolute Gasteiger partial charge is 0.315 e. The van der Waals surface area contributed by atoms with E-state index in [1.54, 1.807) is 0 Å². The molecule has 0 aliphatic heterocycles. The van der Waals surface area contributed by atoms with Crippen molar-refractivity contribution >= 4 is 5.97 Å². The Morgan fingerprint density at radius 3 is 1.61 bits per heavy atom. The second-order valence-corrected chi connectivity index (χ2v) is 5.19. The van der Waals surface area contributed by atoms with Crippen molar-refractivity contribution in [2.75, 3.05) is 0 Å². The van der Waals surface area contributed by atoms with E-state index in [1.807, 2.05) is 91.0 Å². The summed E-state index contributed by atoms with van der Waals surface area (Å²) in [5, 5.41) is 0. The van der Waals surface area contributed by atoms with Crippen LogP contribution in [0, 0.1) is 6.42 Å². The van der Waals surface area contributed by atoms with Gasteiger partial charge in [0.2, 0.25) is 0 Å². The fourth-order valence-electron chi connectivity index (χ4n) is 2.42. The number of carbonyl (C=O) groups excluding carboxylic acids is 1. The van der Waals surface area contributed by atoms with Gasteiger partial charge in [-0.05, 0) is 16.7 Å². The third-order valence-electron chi connectivity index (χ3n) is 3.52. The van der Waals surface area contributed by atoms with Crippen LogP contribution in [-0.4, -0.2) is 5.97 Å². The highest BCUT2D eigenvalue weighted by Gasteiger charge is 2.19. The minimum Gasteiger partial charge on any atom is -0.452 e. The molecule has 3 aromatic rings. The fourth-order valence-corrected chi connectivity index (χ4v) is 2.42. The number of carbonyl (C=O) groups is 1. The van der Waals surface area contributed by atoms with Crippen LogP contribution < -0.4 is 0 Å². The van der Waals surface area contributed by atoms with Crippen molar-refractivity contribution in [2.24, 2.45) is 0 Å². The molecule has 0 spiro atoms. The maximum Gasteiger partial charge on any atom is 0.315 e. The minimum atomic E-state index is -0.412. The monoisotopic (exact) mass is 301 g/mol. The van der Waals surface area contributed by atoms with E-state index in [9.17, 15) is 4.79 Å². The SMILES string of the molecule is O=C([CH]c1ccccc1)OC(c1ccccc1)c1ccccc1. The molecule has 0 bridgehead atoms. The summed E-state index contributed by atoms with van der Waals surface area (Å²) in [6, 6.07) is 29.0. The normalized spacial score (nSPS) is 10.5. The van der Waals surface area contributed by atoms with Crippen molar-refractivity contribution in [2.45, 2.75) is 6.10 Å². The molecule has 113 valence electrons. The van der Waals surface area contributed by atoms with Gasteiger partial charge in [0, 0.05) is 0 Å². The topological polar surface area (TPSA) is 26.3 Å². The van der Waals surface area contributed by atoms with E-state index in [1.165, 1.54) is 6.42 Å². The summed E-state index contributed by atoms with van der Waals surface area (Å²) in [5.74, 6) is -0.353. The van der Waals surface area contributed by atoms with Gasteiger partial charge in [-0.25, -0.2) is 0 Å². The number of esters is 1. The van der Waals surface area contributed by atoms with Crippen LogP contribution in [0.3, 0.4) is 0 Å².